The summed E-state index contributed by atoms with van der Waals surface area (Å²) in [5, 5.41) is 0.0200. The quantitative estimate of drug-likeness (QED) is 0.577. The van der Waals surface area contributed by atoms with Gasteiger partial charge in [-0.1, -0.05) is 17.7 Å². The molecular weight excluding hydrogens is 463 g/mol. The smallest absolute Gasteiger partial charge is 0.282 e. The van der Waals surface area contributed by atoms with Crippen molar-refractivity contribution in [3.8, 4) is 17.2 Å². The van der Waals surface area contributed by atoms with E-state index in [9.17, 15) is 22.8 Å². The van der Waals surface area contributed by atoms with Gasteiger partial charge in [-0.05, 0) is 23.8 Å². The van der Waals surface area contributed by atoms with Crippen molar-refractivity contribution in [2.24, 2.45) is 5.73 Å². The second kappa shape index (κ2) is 8.43. The molecule has 172 valence electrons. The van der Waals surface area contributed by atoms with E-state index < -0.39 is 36.6 Å². The summed E-state index contributed by atoms with van der Waals surface area (Å²) >= 11 is 6.09. The molecular formula is C22H17ClF3N3O4. The van der Waals surface area contributed by atoms with Crippen LogP contribution in [-0.2, 0) is 11.2 Å². The van der Waals surface area contributed by atoms with Crippen molar-refractivity contribution in [1.29, 1.82) is 0 Å². The van der Waals surface area contributed by atoms with Crippen LogP contribution in [0.15, 0.2) is 36.5 Å². The van der Waals surface area contributed by atoms with Crippen LogP contribution in [0, 0.1) is 5.82 Å². The van der Waals surface area contributed by atoms with Gasteiger partial charge in [0.25, 0.3) is 11.8 Å². The molecule has 0 atom stereocenters. The highest BCUT2D eigenvalue weighted by molar-refractivity contribution is 6.31. The van der Waals surface area contributed by atoms with Crippen molar-refractivity contribution in [3.63, 3.8) is 0 Å². The number of primary amides is 1. The van der Waals surface area contributed by atoms with Crippen molar-refractivity contribution < 1.29 is 32.2 Å². The fraction of sp³-hybridized carbons (Fsp3) is 0.227. The average molecular weight is 480 g/mol. The van der Waals surface area contributed by atoms with E-state index in [0.29, 0.717) is 10.9 Å². The number of hydrogen-bond acceptors (Lipinski definition) is 5. The largest absolute Gasteiger partial charge is 0.496 e. The Hall–Kier alpha value is -3.53. The molecule has 2 heterocycles. The van der Waals surface area contributed by atoms with Crippen LogP contribution in [0.5, 0.6) is 17.2 Å². The Morgan fingerprint density at radius 3 is 2.55 bits per heavy atom. The Bertz CT molecular complexity index is 1280. The molecule has 4 rings (SSSR count). The molecule has 11 heteroatoms. The van der Waals surface area contributed by atoms with E-state index in [1.54, 1.807) is 0 Å². The van der Waals surface area contributed by atoms with E-state index in [1.165, 1.54) is 43.6 Å². The predicted molar refractivity (Wildman–Crippen MR) is 114 cm³/mol. The summed E-state index contributed by atoms with van der Waals surface area (Å²) in [6.07, 6.45) is 1.10. The van der Waals surface area contributed by atoms with Gasteiger partial charge in [-0.15, -0.1) is 0 Å². The highest BCUT2D eigenvalue weighted by Crippen LogP contribution is 2.37. The van der Waals surface area contributed by atoms with Crippen LogP contribution in [0.1, 0.15) is 15.9 Å². The number of nitrogens with zero attached hydrogens (tertiary/aromatic N) is 2. The maximum absolute atomic E-state index is 14.9. The third-order valence-electron chi connectivity index (χ3n) is 5.17. The number of pyridine rings is 1. The summed E-state index contributed by atoms with van der Waals surface area (Å²) in [6, 6.07) is 7.05. The first-order chi connectivity index (χ1) is 15.6. The number of fused-ring (bicyclic) bond motifs is 1. The minimum atomic E-state index is -2.89. The van der Waals surface area contributed by atoms with E-state index in [-0.39, 0.29) is 39.8 Å². The zero-order valence-corrected chi connectivity index (χ0v) is 18.0. The molecule has 2 N–H and O–H groups in total. The van der Waals surface area contributed by atoms with Gasteiger partial charge in [0.05, 0.1) is 42.7 Å². The van der Waals surface area contributed by atoms with Gasteiger partial charge in [0, 0.05) is 17.6 Å². The van der Waals surface area contributed by atoms with E-state index in [0.717, 1.165) is 4.90 Å². The number of rotatable bonds is 6. The Labute approximate surface area is 190 Å². The zero-order valence-electron chi connectivity index (χ0n) is 17.2. The minimum Gasteiger partial charge on any atom is -0.496 e. The Morgan fingerprint density at radius 1 is 1.18 bits per heavy atom. The van der Waals surface area contributed by atoms with Crippen molar-refractivity contribution in [2.75, 3.05) is 20.2 Å². The van der Waals surface area contributed by atoms with Crippen LogP contribution in [-0.4, -0.2) is 47.8 Å². The summed E-state index contributed by atoms with van der Waals surface area (Å²) in [6.45, 7) is -1.33. The third-order valence-corrected chi connectivity index (χ3v) is 5.58. The number of ether oxygens (including phenoxy) is 2. The van der Waals surface area contributed by atoms with E-state index in [2.05, 4.69) is 4.98 Å². The molecule has 1 saturated heterocycles. The van der Waals surface area contributed by atoms with E-state index in [1.807, 2.05) is 0 Å². The number of amides is 2. The second-order valence-corrected chi connectivity index (χ2v) is 7.86. The SMILES string of the molecule is COc1cc2nccc(Oc3ccc(CC(=O)N4CC(F)(F)C4)c(Cl)c3F)c2cc1C(N)=O. The number of hydrogen-bond donors (Lipinski definition) is 1. The molecule has 1 aromatic heterocycles. The summed E-state index contributed by atoms with van der Waals surface area (Å²) in [7, 11) is 1.38. The first-order valence-corrected chi connectivity index (χ1v) is 10.0. The number of alkyl halides is 2. The zero-order chi connectivity index (χ0) is 23.9. The molecule has 2 amide bonds. The maximum atomic E-state index is 14.9. The van der Waals surface area contributed by atoms with Gasteiger partial charge in [0.15, 0.2) is 11.6 Å². The molecule has 2 aromatic carbocycles. The number of carbonyl (C=O) groups excluding carboxylic acids is 2. The highest BCUT2D eigenvalue weighted by atomic mass is 35.5. The van der Waals surface area contributed by atoms with Crippen LogP contribution < -0.4 is 15.2 Å². The molecule has 0 spiro atoms. The molecule has 33 heavy (non-hydrogen) atoms. The number of carbonyl (C=O) groups is 2. The Kier molecular flexibility index (Phi) is 5.79. The Morgan fingerprint density at radius 2 is 1.91 bits per heavy atom. The molecule has 1 aliphatic heterocycles. The summed E-state index contributed by atoms with van der Waals surface area (Å²) in [4.78, 5) is 29.1. The van der Waals surface area contributed by atoms with Crippen molar-refractivity contribution in [2.45, 2.75) is 12.3 Å². The van der Waals surface area contributed by atoms with Gasteiger partial charge in [-0.2, -0.15) is 0 Å². The van der Waals surface area contributed by atoms with Crippen LogP contribution in [0.25, 0.3) is 10.9 Å². The van der Waals surface area contributed by atoms with E-state index in [4.69, 9.17) is 26.8 Å². The second-order valence-electron chi connectivity index (χ2n) is 7.48. The number of aromatic nitrogens is 1. The molecule has 0 aliphatic carbocycles. The fourth-order valence-corrected chi connectivity index (χ4v) is 3.69. The predicted octanol–water partition coefficient (Wildman–Crippen LogP) is 3.95. The molecule has 0 radical (unpaired) electrons. The minimum absolute atomic E-state index is 0.0896. The lowest BCUT2D eigenvalue weighted by Gasteiger charge is -2.38. The monoisotopic (exact) mass is 479 g/mol. The lowest BCUT2D eigenvalue weighted by molar-refractivity contribution is -0.165. The lowest BCUT2D eigenvalue weighted by atomic mass is 10.1. The Balaban J connectivity index is 1.62. The van der Waals surface area contributed by atoms with Crippen LogP contribution >= 0.6 is 11.6 Å². The number of halogens is 4. The van der Waals surface area contributed by atoms with Gasteiger partial charge < -0.3 is 20.1 Å². The number of methoxy groups -OCH3 is 1. The van der Waals surface area contributed by atoms with Crippen molar-refractivity contribution in [3.05, 3.63) is 58.5 Å². The molecule has 3 aromatic rings. The van der Waals surface area contributed by atoms with E-state index >= 15 is 0 Å². The van der Waals surface area contributed by atoms with Crippen molar-refractivity contribution >= 4 is 34.3 Å². The summed E-state index contributed by atoms with van der Waals surface area (Å²) in [5.74, 6) is -4.97. The molecule has 0 unspecified atom stereocenters. The normalized spacial score (nSPS) is 14.6. The lowest BCUT2D eigenvalue weighted by Crippen LogP contribution is -2.58. The van der Waals surface area contributed by atoms with Gasteiger partial charge in [-0.25, -0.2) is 13.2 Å². The van der Waals surface area contributed by atoms with Gasteiger partial charge >= 0.3 is 0 Å². The van der Waals surface area contributed by atoms with Crippen LogP contribution in [0.2, 0.25) is 5.02 Å². The first kappa shape index (κ1) is 22.7. The first-order valence-electron chi connectivity index (χ1n) is 9.66. The van der Waals surface area contributed by atoms with Gasteiger partial charge in [0.2, 0.25) is 5.91 Å². The molecule has 0 bridgehead atoms. The number of benzene rings is 2. The standard InChI is InChI=1S/C22H17ClF3N3O4/c1-32-17-8-14-12(7-13(17)21(27)31)15(4-5-28-14)33-16-3-2-11(19(23)20(16)24)6-18(30)29-9-22(25,26)10-29/h2-5,7-8H,6,9-10H2,1H3,(H2,27,31). The number of likely N-dealkylation sites (tertiary alicyclic amines) is 1. The van der Waals surface area contributed by atoms with Gasteiger partial charge in [-0.3, -0.25) is 14.6 Å². The topological polar surface area (TPSA) is 94.8 Å². The van der Waals surface area contributed by atoms with Crippen LogP contribution in [0.3, 0.4) is 0 Å². The molecule has 1 fully saturated rings. The molecule has 0 saturated carbocycles. The average Bonchev–Trinajstić information content (AvgIpc) is 2.76. The number of nitrogens with two attached hydrogens (primary N) is 1. The highest BCUT2D eigenvalue weighted by Gasteiger charge is 2.46. The summed E-state index contributed by atoms with van der Waals surface area (Å²) < 4.78 is 51.7. The third kappa shape index (κ3) is 4.38. The molecule has 1 aliphatic rings. The van der Waals surface area contributed by atoms with Crippen molar-refractivity contribution in [1.82, 2.24) is 9.88 Å². The maximum Gasteiger partial charge on any atom is 0.282 e. The van der Waals surface area contributed by atoms with Gasteiger partial charge in [0.1, 0.15) is 11.5 Å². The molecule has 7 nitrogen and oxygen atoms in total. The van der Waals surface area contributed by atoms with Crippen LogP contribution in [0.4, 0.5) is 13.2 Å². The fourth-order valence-electron chi connectivity index (χ4n) is 3.47. The summed E-state index contributed by atoms with van der Waals surface area (Å²) in [5.41, 5.74) is 6.05.